The zero-order valence-electron chi connectivity index (χ0n) is 27.6. The Kier molecular flexibility index (Phi) is 6.78. The molecule has 0 unspecified atom stereocenters. The number of pyridine rings is 3. The number of aromatic nitrogens is 3. The van der Waals surface area contributed by atoms with E-state index in [0.717, 1.165) is 77.7 Å². The number of benzene rings is 7. The summed E-state index contributed by atoms with van der Waals surface area (Å²) in [6.07, 6.45) is 1.83. The van der Waals surface area contributed by atoms with Crippen molar-refractivity contribution in [2.24, 2.45) is 0 Å². The molecule has 3 aromatic heterocycles. The highest BCUT2D eigenvalue weighted by atomic mass is 15.1. The first-order valence-corrected chi connectivity index (χ1v) is 17.2. The van der Waals surface area contributed by atoms with E-state index in [9.17, 15) is 0 Å². The largest absolute Gasteiger partial charge is 0.310 e. The minimum atomic E-state index is 0.892. The topological polar surface area (TPSA) is 41.9 Å². The maximum absolute atomic E-state index is 5.54. The van der Waals surface area contributed by atoms with Crippen LogP contribution in [0.15, 0.2) is 182 Å². The molecule has 0 aliphatic heterocycles. The third-order valence-corrected chi connectivity index (χ3v) is 9.81. The molecule has 0 atom stereocenters. The lowest BCUT2D eigenvalue weighted by atomic mass is 9.92. The predicted octanol–water partition coefficient (Wildman–Crippen LogP) is 12.4. The monoisotopic (exact) mass is 650 g/mol. The van der Waals surface area contributed by atoms with Crippen LogP contribution in [-0.4, -0.2) is 15.0 Å². The molecule has 0 bridgehead atoms. The molecule has 10 rings (SSSR count). The highest BCUT2D eigenvalue weighted by Gasteiger charge is 2.23. The molecule has 10 aromatic rings. The van der Waals surface area contributed by atoms with Crippen LogP contribution >= 0.6 is 0 Å². The molecule has 0 N–H and O–H groups in total. The third-order valence-electron chi connectivity index (χ3n) is 9.81. The second-order valence-corrected chi connectivity index (χ2v) is 12.8. The average molecular weight is 651 g/mol. The van der Waals surface area contributed by atoms with Crippen molar-refractivity contribution in [3.8, 4) is 22.5 Å². The van der Waals surface area contributed by atoms with Gasteiger partial charge in [-0.1, -0.05) is 127 Å². The van der Waals surface area contributed by atoms with Gasteiger partial charge in [-0.05, 0) is 59.3 Å². The first-order valence-electron chi connectivity index (χ1n) is 17.2. The summed E-state index contributed by atoms with van der Waals surface area (Å²) in [5.41, 5.74) is 9.89. The summed E-state index contributed by atoms with van der Waals surface area (Å²) in [6.45, 7) is 0. The summed E-state index contributed by atoms with van der Waals surface area (Å²) < 4.78 is 0. The van der Waals surface area contributed by atoms with Crippen molar-refractivity contribution in [1.29, 1.82) is 0 Å². The van der Waals surface area contributed by atoms with Crippen molar-refractivity contribution in [3.63, 3.8) is 0 Å². The molecular weight excluding hydrogens is 621 g/mol. The van der Waals surface area contributed by atoms with E-state index < -0.39 is 0 Å². The fraction of sp³-hybridized carbons (Fsp3) is 0. The summed E-state index contributed by atoms with van der Waals surface area (Å²) in [4.78, 5) is 17.8. The first-order chi connectivity index (χ1) is 25.3. The van der Waals surface area contributed by atoms with E-state index in [4.69, 9.17) is 9.97 Å². The molecular formula is C47H30N4. The van der Waals surface area contributed by atoms with Gasteiger partial charge in [-0.2, -0.15) is 0 Å². The Hall–Kier alpha value is -6.91. The van der Waals surface area contributed by atoms with Crippen molar-refractivity contribution in [3.05, 3.63) is 182 Å². The lowest BCUT2D eigenvalue weighted by Gasteiger charge is -2.28. The number of anilines is 3. The lowest BCUT2D eigenvalue weighted by Crippen LogP contribution is -2.11. The van der Waals surface area contributed by atoms with Crippen LogP contribution in [0.5, 0.6) is 0 Å². The second kappa shape index (κ2) is 11.9. The molecule has 51 heavy (non-hydrogen) atoms. The van der Waals surface area contributed by atoms with Crippen LogP contribution in [0.25, 0.3) is 76.8 Å². The number of hydrogen-bond acceptors (Lipinski definition) is 4. The molecule has 7 aromatic carbocycles. The van der Waals surface area contributed by atoms with Gasteiger partial charge in [0.25, 0.3) is 0 Å². The van der Waals surface area contributed by atoms with Gasteiger partial charge in [0, 0.05) is 55.6 Å². The van der Waals surface area contributed by atoms with Gasteiger partial charge in [-0.3, -0.25) is 4.98 Å². The summed E-state index contributed by atoms with van der Waals surface area (Å²) in [7, 11) is 0. The number of hydrogen-bond donors (Lipinski definition) is 0. The van der Waals surface area contributed by atoms with E-state index in [1.807, 2.05) is 12.3 Å². The fourth-order valence-corrected chi connectivity index (χ4v) is 7.47. The first kappa shape index (κ1) is 29.0. The van der Waals surface area contributed by atoms with Gasteiger partial charge in [-0.15, -0.1) is 0 Å². The van der Waals surface area contributed by atoms with E-state index in [1.165, 1.54) is 16.2 Å². The van der Waals surface area contributed by atoms with Gasteiger partial charge in [-0.25, -0.2) is 9.97 Å². The average Bonchev–Trinajstić information content (AvgIpc) is 3.21. The Bertz CT molecular complexity index is 2870. The smallest absolute Gasteiger partial charge is 0.0972 e. The Morgan fingerprint density at radius 1 is 0.412 bits per heavy atom. The van der Waals surface area contributed by atoms with Crippen LogP contribution in [0.2, 0.25) is 0 Å². The fourth-order valence-electron chi connectivity index (χ4n) is 7.47. The number of rotatable bonds is 5. The number of fused-ring (bicyclic) bond motifs is 8. The van der Waals surface area contributed by atoms with Crippen LogP contribution in [0, 0.1) is 0 Å². The van der Waals surface area contributed by atoms with Crippen LogP contribution in [0.4, 0.5) is 17.1 Å². The summed E-state index contributed by atoms with van der Waals surface area (Å²) >= 11 is 0. The molecule has 3 heterocycles. The Balaban J connectivity index is 1.30. The molecule has 0 aliphatic rings. The lowest BCUT2D eigenvalue weighted by molar-refractivity contribution is 1.30. The van der Waals surface area contributed by atoms with E-state index in [1.54, 1.807) is 0 Å². The Morgan fingerprint density at radius 3 is 1.82 bits per heavy atom. The van der Waals surface area contributed by atoms with E-state index in [2.05, 4.69) is 180 Å². The van der Waals surface area contributed by atoms with Crippen LogP contribution < -0.4 is 4.90 Å². The minimum Gasteiger partial charge on any atom is -0.310 e. The molecule has 0 saturated carbocycles. The molecule has 0 amide bonds. The van der Waals surface area contributed by atoms with Crippen molar-refractivity contribution in [2.45, 2.75) is 0 Å². The standard InChI is InChI=1S/C47H30N4/c1-4-13-31(14-5-1)45-44-42(51(36-17-6-2-7-18-36)37-19-8-3-9-20-37)30-34-15-10-11-21-38(34)43(44)39-26-24-35(29-41(39)50-45)40-27-25-33-23-22-32-16-12-28-48-46(32)47(33)49-40/h1-30H. The van der Waals surface area contributed by atoms with Crippen molar-refractivity contribution in [1.82, 2.24) is 15.0 Å². The van der Waals surface area contributed by atoms with Gasteiger partial charge in [0.2, 0.25) is 0 Å². The summed E-state index contributed by atoms with van der Waals surface area (Å²) in [5, 5.41) is 7.89. The molecule has 0 radical (unpaired) electrons. The molecule has 4 nitrogen and oxygen atoms in total. The Labute approximate surface area is 294 Å². The molecule has 4 heteroatoms. The quantitative estimate of drug-likeness (QED) is 0.174. The van der Waals surface area contributed by atoms with Crippen LogP contribution in [-0.2, 0) is 0 Å². The van der Waals surface area contributed by atoms with Gasteiger partial charge >= 0.3 is 0 Å². The summed E-state index contributed by atoms with van der Waals surface area (Å²) in [6, 6.07) is 61.9. The van der Waals surface area contributed by atoms with Crippen LogP contribution in [0.3, 0.4) is 0 Å². The van der Waals surface area contributed by atoms with E-state index >= 15 is 0 Å². The third kappa shape index (κ3) is 4.88. The maximum Gasteiger partial charge on any atom is 0.0972 e. The van der Waals surface area contributed by atoms with Gasteiger partial charge in [0.15, 0.2) is 0 Å². The minimum absolute atomic E-state index is 0.892. The van der Waals surface area contributed by atoms with E-state index in [0.29, 0.717) is 0 Å². The molecule has 0 fully saturated rings. The van der Waals surface area contributed by atoms with Gasteiger partial charge in [0.05, 0.1) is 33.6 Å². The second-order valence-electron chi connectivity index (χ2n) is 12.8. The van der Waals surface area contributed by atoms with Crippen molar-refractivity contribution >= 4 is 71.3 Å². The molecule has 0 spiro atoms. The molecule has 238 valence electrons. The molecule has 0 saturated heterocycles. The number of para-hydroxylation sites is 2. The number of nitrogens with zero attached hydrogens (tertiary/aromatic N) is 4. The zero-order chi connectivity index (χ0) is 33.7. The predicted molar refractivity (Wildman–Crippen MR) is 213 cm³/mol. The van der Waals surface area contributed by atoms with Gasteiger partial charge < -0.3 is 4.90 Å². The Morgan fingerprint density at radius 2 is 1.06 bits per heavy atom. The van der Waals surface area contributed by atoms with E-state index in [-0.39, 0.29) is 0 Å². The van der Waals surface area contributed by atoms with Crippen molar-refractivity contribution < 1.29 is 0 Å². The highest BCUT2D eigenvalue weighted by molar-refractivity contribution is 6.27. The zero-order valence-corrected chi connectivity index (χ0v) is 27.6. The maximum atomic E-state index is 5.54. The summed E-state index contributed by atoms with van der Waals surface area (Å²) in [5.74, 6) is 0. The SMILES string of the molecule is c1ccc(-c2nc3cc(-c4ccc5ccc6cccnc6c5n4)ccc3c3c2c(N(c2ccccc2)c2ccccc2)cc2ccccc23)cc1. The van der Waals surface area contributed by atoms with Gasteiger partial charge in [0.1, 0.15) is 0 Å². The highest BCUT2D eigenvalue weighted by Crippen LogP contribution is 2.47. The molecule has 0 aliphatic carbocycles. The van der Waals surface area contributed by atoms with Crippen LogP contribution in [0.1, 0.15) is 0 Å². The van der Waals surface area contributed by atoms with Crippen molar-refractivity contribution in [2.75, 3.05) is 4.90 Å². The normalized spacial score (nSPS) is 11.5.